The summed E-state index contributed by atoms with van der Waals surface area (Å²) >= 11 is 0. The molecule has 0 aliphatic carbocycles. The Labute approximate surface area is 161 Å². The SMILES string of the molecule is O=C(O)c1c(OCc2ccccc2)cc(C#Cc2ccccc2)n2ncnc12. The molecule has 0 saturated heterocycles. The molecule has 0 aliphatic heterocycles. The average Bonchev–Trinajstić information content (AvgIpc) is 3.21. The van der Waals surface area contributed by atoms with Gasteiger partial charge >= 0.3 is 5.97 Å². The molecule has 0 spiro atoms. The molecule has 0 radical (unpaired) electrons. The predicted molar refractivity (Wildman–Crippen MR) is 103 cm³/mol. The Morgan fingerprint density at radius 2 is 1.75 bits per heavy atom. The smallest absolute Gasteiger partial charge is 0.343 e. The van der Waals surface area contributed by atoms with Crippen LogP contribution in [0.3, 0.4) is 0 Å². The molecule has 0 aliphatic rings. The lowest BCUT2D eigenvalue weighted by atomic mass is 10.2. The van der Waals surface area contributed by atoms with E-state index in [0.717, 1.165) is 11.1 Å². The highest BCUT2D eigenvalue weighted by Crippen LogP contribution is 2.25. The molecule has 1 N–H and O–H groups in total. The number of nitrogens with zero attached hydrogens (tertiary/aromatic N) is 3. The lowest BCUT2D eigenvalue weighted by Gasteiger charge is -2.11. The van der Waals surface area contributed by atoms with Gasteiger partial charge in [0.2, 0.25) is 0 Å². The number of hydrogen-bond acceptors (Lipinski definition) is 4. The molecule has 4 aromatic rings. The first-order valence-electron chi connectivity index (χ1n) is 8.56. The summed E-state index contributed by atoms with van der Waals surface area (Å²) in [6.07, 6.45) is 1.30. The van der Waals surface area contributed by atoms with E-state index in [0.29, 0.717) is 5.69 Å². The van der Waals surface area contributed by atoms with Crippen LogP contribution in [-0.4, -0.2) is 25.7 Å². The summed E-state index contributed by atoms with van der Waals surface area (Å²) in [5.41, 5.74) is 2.40. The van der Waals surface area contributed by atoms with Gasteiger partial charge in [-0.05, 0) is 23.6 Å². The second-order valence-electron chi connectivity index (χ2n) is 5.96. The number of carboxylic acids is 1. The topological polar surface area (TPSA) is 76.7 Å². The van der Waals surface area contributed by atoms with E-state index in [9.17, 15) is 9.90 Å². The molecular weight excluding hydrogens is 354 g/mol. The quantitative estimate of drug-likeness (QED) is 0.558. The van der Waals surface area contributed by atoms with E-state index in [4.69, 9.17) is 4.74 Å². The second-order valence-corrected chi connectivity index (χ2v) is 5.96. The molecular formula is C22H15N3O3. The third-order valence-electron chi connectivity index (χ3n) is 4.07. The summed E-state index contributed by atoms with van der Waals surface area (Å²) in [6, 6.07) is 20.6. The molecule has 0 bridgehead atoms. The van der Waals surface area contributed by atoms with E-state index >= 15 is 0 Å². The first-order valence-corrected chi connectivity index (χ1v) is 8.56. The summed E-state index contributed by atoms with van der Waals surface area (Å²) < 4.78 is 7.24. The Morgan fingerprint density at radius 3 is 2.46 bits per heavy atom. The van der Waals surface area contributed by atoms with Gasteiger partial charge in [0.1, 0.15) is 29.9 Å². The minimum atomic E-state index is -1.14. The van der Waals surface area contributed by atoms with Crippen molar-refractivity contribution >= 4 is 11.6 Å². The third kappa shape index (κ3) is 3.55. The zero-order valence-electron chi connectivity index (χ0n) is 14.7. The fraction of sp³-hybridized carbons (Fsp3) is 0.0455. The minimum absolute atomic E-state index is 0.0429. The van der Waals surface area contributed by atoms with E-state index in [-0.39, 0.29) is 23.6 Å². The van der Waals surface area contributed by atoms with Crippen molar-refractivity contribution in [1.82, 2.24) is 14.6 Å². The number of hydrogen-bond donors (Lipinski definition) is 1. The third-order valence-corrected chi connectivity index (χ3v) is 4.07. The van der Waals surface area contributed by atoms with Gasteiger partial charge in [-0.15, -0.1) is 0 Å². The molecule has 0 atom stereocenters. The molecule has 6 nitrogen and oxygen atoms in total. The largest absolute Gasteiger partial charge is 0.488 e. The van der Waals surface area contributed by atoms with Crippen LogP contribution in [-0.2, 0) is 6.61 Å². The van der Waals surface area contributed by atoms with Crippen molar-refractivity contribution in [2.24, 2.45) is 0 Å². The highest BCUT2D eigenvalue weighted by molar-refractivity contribution is 5.97. The van der Waals surface area contributed by atoms with E-state index in [2.05, 4.69) is 21.9 Å². The molecule has 0 unspecified atom stereocenters. The van der Waals surface area contributed by atoms with Gasteiger partial charge < -0.3 is 9.84 Å². The molecule has 2 heterocycles. The van der Waals surface area contributed by atoms with Crippen LogP contribution in [0.4, 0.5) is 0 Å². The maximum Gasteiger partial charge on any atom is 0.343 e. The van der Waals surface area contributed by atoms with E-state index in [1.807, 2.05) is 60.7 Å². The van der Waals surface area contributed by atoms with Gasteiger partial charge in [-0.2, -0.15) is 5.10 Å². The van der Waals surface area contributed by atoms with Crippen LogP contribution in [0.25, 0.3) is 5.65 Å². The number of benzene rings is 2. The summed E-state index contributed by atoms with van der Waals surface area (Å²) in [6.45, 7) is 0.233. The molecule has 0 saturated carbocycles. The van der Waals surface area contributed by atoms with Crippen molar-refractivity contribution in [3.8, 4) is 17.6 Å². The Balaban J connectivity index is 1.78. The normalized spacial score (nSPS) is 10.3. The van der Waals surface area contributed by atoms with Crippen molar-refractivity contribution in [1.29, 1.82) is 0 Å². The Hall–Kier alpha value is -4.11. The number of ether oxygens (including phenoxy) is 1. The molecule has 0 amide bonds. The number of aromatic nitrogens is 3. The predicted octanol–water partition coefficient (Wildman–Crippen LogP) is 3.41. The minimum Gasteiger partial charge on any atom is -0.488 e. The number of pyridine rings is 1. The highest BCUT2D eigenvalue weighted by Gasteiger charge is 2.20. The van der Waals surface area contributed by atoms with Gasteiger partial charge in [0, 0.05) is 11.6 Å². The number of aromatic carboxylic acids is 1. The van der Waals surface area contributed by atoms with Crippen LogP contribution >= 0.6 is 0 Å². The van der Waals surface area contributed by atoms with Gasteiger partial charge in [-0.3, -0.25) is 0 Å². The summed E-state index contributed by atoms with van der Waals surface area (Å²) in [5.74, 6) is 5.15. The van der Waals surface area contributed by atoms with Gasteiger partial charge in [-0.1, -0.05) is 54.5 Å². The van der Waals surface area contributed by atoms with Crippen LogP contribution in [0.15, 0.2) is 73.1 Å². The van der Waals surface area contributed by atoms with Crippen molar-refractivity contribution in [3.05, 3.63) is 95.4 Å². The number of carboxylic acid groups (broad SMARTS) is 1. The summed E-state index contributed by atoms with van der Waals surface area (Å²) in [5, 5.41) is 13.8. The average molecular weight is 369 g/mol. The van der Waals surface area contributed by atoms with Gasteiger partial charge in [0.25, 0.3) is 0 Å². The fourth-order valence-electron chi connectivity index (χ4n) is 2.75. The monoisotopic (exact) mass is 369 g/mol. The van der Waals surface area contributed by atoms with E-state index in [1.165, 1.54) is 10.8 Å². The maximum absolute atomic E-state index is 11.8. The Kier molecular flexibility index (Phi) is 4.72. The van der Waals surface area contributed by atoms with E-state index in [1.54, 1.807) is 6.07 Å². The summed E-state index contributed by atoms with van der Waals surface area (Å²) in [7, 11) is 0. The Morgan fingerprint density at radius 1 is 1.04 bits per heavy atom. The number of carbonyl (C=O) groups is 1. The zero-order valence-corrected chi connectivity index (χ0v) is 14.7. The van der Waals surface area contributed by atoms with Gasteiger partial charge in [0.05, 0.1) is 0 Å². The van der Waals surface area contributed by atoms with Crippen molar-refractivity contribution in [3.63, 3.8) is 0 Å². The molecule has 136 valence electrons. The van der Waals surface area contributed by atoms with Crippen molar-refractivity contribution in [2.75, 3.05) is 0 Å². The van der Waals surface area contributed by atoms with Gasteiger partial charge in [-0.25, -0.2) is 14.3 Å². The maximum atomic E-state index is 11.8. The van der Waals surface area contributed by atoms with Gasteiger partial charge in [0.15, 0.2) is 5.65 Å². The molecule has 2 aromatic heterocycles. The van der Waals surface area contributed by atoms with Crippen molar-refractivity contribution in [2.45, 2.75) is 6.61 Å². The highest BCUT2D eigenvalue weighted by atomic mass is 16.5. The zero-order chi connectivity index (χ0) is 19.3. The van der Waals surface area contributed by atoms with Crippen molar-refractivity contribution < 1.29 is 14.6 Å². The molecule has 4 rings (SSSR count). The Bertz CT molecular complexity index is 1190. The van der Waals surface area contributed by atoms with Crippen LogP contribution < -0.4 is 4.74 Å². The number of fused-ring (bicyclic) bond motifs is 1. The van der Waals surface area contributed by atoms with Crippen LogP contribution in [0, 0.1) is 11.8 Å². The van der Waals surface area contributed by atoms with Crippen LogP contribution in [0.1, 0.15) is 27.2 Å². The first-order chi connectivity index (χ1) is 13.7. The first kappa shape index (κ1) is 17.3. The van der Waals surface area contributed by atoms with E-state index < -0.39 is 5.97 Å². The molecule has 6 heteroatoms. The lowest BCUT2D eigenvalue weighted by Crippen LogP contribution is -2.09. The number of rotatable bonds is 4. The fourth-order valence-corrected chi connectivity index (χ4v) is 2.75. The van der Waals surface area contributed by atoms with Crippen LogP contribution in [0.5, 0.6) is 5.75 Å². The van der Waals surface area contributed by atoms with Crippen LogP contribution in [0.2, 0.25) is 0 Å². The molecule has 0 fully saturated rings. The second kappa shape index (κ2) is 7.64. The lowest BCUT2D eigenvalue weighted by molar-refractivity contribution is 0.0693. The molecule has 2 aromatic carbocycles. The molecule has 28 heavy (non-hydrogen) atoms. The summed E-state index contributed by atoms with van der Waals surface area (Å²) in [4.78, 5) is 15.9. The standard InChI is InChI=1S/C22H15N3O3/c26-22(27)20-19(28-14-17-9-5-2-6-10-17)13-18(25-21(20)23-15-24-25)12-11-16-7-3-1-4-8-16/h1-10,13,15H,14H2,(H,26,27).